The van der Waals surface area contributed by atoms with Crippen LogP contribution in [0, 0.1) is 5.92 Å². The number of nitrogens with one attached hydrogen (secondary N) is 1. The molecule has 0 amide bonds. The van der Waals surface area contributed by atoms with E-state index in [0.717, 1.165) is 0 Å². The minimum atomic E-state index is 0.479. The van der Waals surface area contributed by atoms with Gasteiger partial charge >= 0.3 is 0 Å². The van der Waals surface area contributed by atoms with Gasteiger partial charge in [0, 0.05) is 10.7 Å². The van der Waals surface area contributed by atoms with Gasteiger partial charge in [-0.05, 0) is 41.8 Å². The normalized spacial score (nSPS) is 14.8. The Morgan fingerprint density at radius 2 is 2.06 bits per heavy atom. The van der Waals surface area contributed by atoms with Crippen LogP contribution >= 0.6 is 11.3 Å². The molecule has 2 rings (SSSR count). The lowest BCUT2D eigenvalue weighted by atomic mass is 9.90. The van der Waals surface area contributed by atoms with Crippen molar-refractivity contribution in [2.75, 3.05) is 7.05 Å². The molecular formula is C16H23NS. The summed E-state index contributed by atoms with van der Waals surface area (Å²) in [4.78, 5) is 0. The number of unbranched alkanes of at least 4 members (excludes halogenated alkanes) is 1. The summed E-state index contributed by atoms with van der Waals surface area (Å²) in [6.07, 6.45) is 3.90. The lowest BCUT2D eigenvalue weighted by Gasteiger charge is -2.23. The number of rotatable bonds is 6. The number of hydrogen-bond acceptors (Lipinski definition) is 2. The Morgan fingerprint density at radius 3 is 2.78 bits per heavy atom. The average Bonchev–Trinajstić information content (AvgIpc) is 2.81. The maximum Gasteiger partial charge on any atom is 0.0358 e. The minimum absolute atomic E-state index is 0.479. The molecule has 0 fully saturated rings. The summed E-state index contributed by atoms with van der Waals surface area (Å²) in [6, 6.07) is 9.21. The van der Waals surface area contributed by atoms with Gasteiger partial charge in [0.15, 0.2) is 0 Å². The van der Waals surface area contributed by atoms with E-state index in [-0.39, 0.29) is 0 Å². The highest BCUT2D eigenvalue weighted by molar-refractivity contribution is 7.17. The van der Waals surface area contributed by atoms with E-state index in [1.807, 2.05) is 11.3 Å². The van der Waals surface area contributed by atoms with Gasteiger partial charge in [0.05, 0.1) is 0 Å². The second-order valence-electron chi connectivity index (χ2n) is 5.07. The van der Waals surface area contributed by atoms with Gasteiger partial charge in [0.2, 0.25) is 0 Å². The third-order valence-electron chi connectivity index (χ3n) is 3.74. The Hall–Kier alpha value is -0.860. The lowest BCUT2D eigenvalue weighted by Crippen LogP contribution is -2.23. The molecule has 2 atom stereocenters. The molecule has 98 valence electrons. The van der Waals surface area contributed by atoms with E-state index >= 15 is 0 Å². The molecular weight excluding hydrogens is 238 g/mol. The van der Waals surface area contributed by atoms with Crippen LogP contribution in [0.1, 0.15) is 44.7 Å². The quantitative estimate of drug-likeness (QED) is 0.772. The van der Waals surface area contributed by atoms with Crippen LogP contribution in [-0.2, 0) is 0 Å². The molecule has 1 N–H and O–H groups in total. The highest BCUT2D eigenvalue weighted by Crippen LogP contribution is 2.34. The average molecular weight is 261 g/mol. The van der Waals surface area contributed by atoms with Crippen molar-refractivity contribution in [2.24, 2.45) is 5.92 Å². The zero-order chi connectivity index (χ0) is 13.0. The standard InChI is InChI=1S/C16H23NS/c1-4-5-8-12(2)16(17-3)14-11-18-15-10-7-6-9-13(14)15/h6-7,9-12,16-17H,4-5,8H2,1-3H3. The van der Waals surface area contributed by atoms with Crippen LogP contribution in [0.25, 0.3) is 10.1 Å². The fraction of sp³-hybridized carbons (Fsp3) is 0.500. The Kier molecular flexibility index (Phi) is 4.79. The van der Waals surface area contributed by atoms with Gasteiger partial charge in [0.25, 0.3) is 0 Å². The fourth-order valence-electron chi connectivity index (χ4n) is 2.68. The van der Waals surface area contributed by atoms with E-state index in [4.69, 9.17) is 0 Å². The van der Waals surface area contributed by atoms with Gasteiger partial charge in [-0.1, -0.05) is 44.9 Å². The number of thiophene rings is 1. The van der Waals surface area contributed by atoms with E-state index < -0.39 is 0 Å². The van der Waals surface area contributed by atoms with E-state index in [1.165, 1.54) is 34.9 Å². The first-order valence-corrected chi connectivity index (χ1v) is 7.79. The summed E-state index contributed by atoms with van der Waals surface area (Å²) in [7, 11) is 2.08. The van der Waals surface area contributed by atoms with Crippen molar-refractivity contribution < 1.29 is 0 Å². The summed E-state index contributed by atoms with van der Waals surface area (Å²) >= 11 is 1.86. The predicted molar refractivity (Wildman–Crippen MR) is 82.3 cm³/mol. The molecule has 2 heteroatoms. The SMILES string of the molecule is CCCCC(C)C(NC)c1csc2ccccc12. The smallest absolute Gasteiger partial charge is 0.0358 e. The molecule has 1 heterocycles. The fourth-order valence-corrected chi connectivity index (χ4v) is 3.68. The molecule has 0 saturated heterocycles. The zero-order valence-corrected chi connectivity index (χ0v) is 12.4. The van der Waals surface area contributed by atoms with Crippen molar-refractivity contribution in [3.05, 3.63) is 35.2 Å². The molecule has 0 bridgehead atoms. The molecule has 0 aliphatic rings. The Morgan fingerprint density at radius 1 is 1.28 bits per heavy atom. The highest BCUT2D eigenvalue weighted by atomic mass is 32.1. The van der Waals surface area contributed by atoms with Crippen LogP contribution in [0.3, 0.4) is 0 Å². The largest absolute Gasteiger partial charge is 0.313 e. The predicted octanol–water partition coefficient (Wildman–Crippen LogP) is 4.99. The first-order chi connectivity index (χ1) is 8.77. The summed E-state index contributed by atoms with van der Waals surface area (Å²) < 4.78 is 1.40. The van der Waals surface area contributed by atoms with Crippen molar-refractivity contribution >= 4 is 21.4 Å². The third-order valence-corrected chi connectivity index (χ3v) is 4.72. The molecule has 2 aromatic rings. The van der Waals surface area contributed by atoms with Crippen LogP contribution in [-0.4, -0.2) is 7.05 Å². The summed E-state index contributed by atoms with van der Waals surface area (Å²) in [5.74, 6) is 0.688. The Balaban J connectivity index is 2.26. The van der Waals surface area contributed by atoms with Gasteiger partial charge in [-0.25, -0.2) is 0 Å². The molecule has 0 aliphatic heterocycles. The molecule has 0 spiro atoms. The van der Waals surface area contributed by atoms with E-state index in [2.05, 4.69) is 55.9 Å². The van der Waals surface area contributed by atoms with Crippen molar-refractivity contribution in [1.82, 2.24) is 5.32 Å². The topological polar surface area (TPSA) is 12.0 Å². The van der Waals surface area contributed by atoms with Gasteiger partial charge in [0.1, 0.15) is 0 Å². The monoisotopic (exact) mass is 261 g/mol. The molecule has 0 aliphatic carbocycles. The third kappa shape index (κ3) is 2.76. The van der Waals surface area contributed by atoms with E-state index in [9.17, 15) is 0 Å². The van der Waals surface area contributed by atoms with Crippen LogP contribution in [0.5, 0.6) is 0 Å². The number of benzene rings is 1. The maximum atomic E-state index is 3.51. The first kappa shape index (κ1) is 13.6. The molecule has 1 aromatic carbocycles. The molecule has 1 nitrogen and oxygen atoms in total. The molecule has 18 heavy (non-hydrogen) atoms. The van der Waals surface area contributed by atoms with Crippen LogP contribution < -0.4 is 5.32 Å². The lowest BCUT2D eigenvalue weighted by molar-refractivity contribution is 0.379. The van der Waals surface area contributed by atoms with E-state index in [1.54, 1.807) is 0 Å². The first-order valence-electron chi connectivity index (χ1n) is 6.91. The van der Waals surface area contributed by atoms with Crippen molar-refractivity contribution in [3.8, 4) is 0 Å². The molecule has 2 unspecified atom stereocenters. The molecule has 0 saturated carbocycles. The Labute approximate surface area is 114 Å². The van der Waals surface area contributed by atoms with Crippen LogP contribution in [0.2, 0.25) is 0 Å². The van der Waals surface area contributed by atoms with Gasteiger partial charge in [-0.3, -0.25) is 0 Å². The second-order valence-corrected chi connectivity index (χ2v) is 5.98. The van der Waals surface area contributed by atoms with Gasteiger partial charge in [-0.15, -0.1) is 11.3 Å². The highest BCUT2D eigenvalue weighted by Gasteiger charge is 2.19. The van der Waals surface area contributed by atoms with Gasteiger partial charge in [-0.2, -0.15) is 0 Å². The zero-order valence-electron chi connectivity index (χ0n) is 11.6. The number of fused-ring (bicyclic) bond motifs is 1. The second kappa shape index (κ2) is 6.35. The molecule has 0 radical (unpaired) electrons. The maximum absolute atomic E-state index is 3.51. The summed E-state index contributed by atoms with van der Waals surface area (Å²) in [5.41, 5.74) is 1.47. The summed E-state index contributed by atoms with van der Waals surface area (Å²) in [6.45, 7) is 4.63. The van der Waals surface area contributed by atoms with Crippen molar-refractivity contribution in [3.63, 3.8) is 0 Å². The number of hydrogen-bond donors (Lipinski definition) is 1. The summed E-state index contributed by atoms with van der Waals surface area (Å²) in [5, 5.41) is 7.26. The minimum Gasteiger partial charge on any atom is -0.313 e. The van der Waals surface area contributed by atoms with Crippen LogP contribution in [0.15, 0.2) is 29.6 Å². The molecule has 1 aromatic heterocycles. The van der Waals surface area contributed by atoms with Crippen LogP contribution in [0.4, 0.5) is 0 Å². The van der Waals surface area contributed by atoms with Crippen molar-refractivity contribution in [2.45, 2.75) is 39.2 Å². The van der Waals surface area contributed by atoms with Crippen molar-refractivity contribution in [1.29, 1.82) is 0 Å². The van der Waals surface area contributed by atoms with E-state index in [0.29, 0.717) is 12.0 Å². The Bertz CT molecular complexity index is 489. The van der Waals surface area contributed by atoms with Gasteiger partial charge < -0.3 is 5.32 Å².